The lowest BCUT2D eigenvalue weighted by molar-refractivity contribution is -0.384. The fraction of sp³-hybridized carbons (Fsp3) is 0.350. The summed E-state index contributed by atoms with van der Waals surface area (Å²) in [6.07, 6.45) is 3.57. The predicted octanol–water partition coefficient (Wildman–Crippen LogP) is 4.17. The minimum absolute atomic E-state index is 0.0197. The molecule has 0 bridgehead atoms. The van der Waals surface area contributed by atoms with Gasteiger partial charge in [0.15, 0.2) is 0 Å². The number of nitro groups is 1. The summed E-state index contributed by atoms with van der Waals surface area (Å²) in [7, 11) is 1.76. The van der Waals surface area contributed by atoms with Gasteiger partial charge < -0.3 is 9.80 Å². The standard InChI is InChI=1S/C20H23N3O3/c1-15-7-6-8-18(19(15)22-13-4-3-5-14-22)21(2)20(24)16-9-11-17(12-10-16)23(25)26/h6-12H,3-5,13-14H2,1-2H3. The maximum Gasteiger partial charge on any atom is 0.269 e. The number of carbonyl (C=O) groups excluding carboxylic acids is 1. The lowest BCUT2D eigenvalue weighted by Crippen LogP contribution is -2.33. The average Bonchev–Trinajstić information content (AvgIpc) is 2.67. The van der Waals surface area contributed by atoms with Crippen molar-refractivity contribution in [3.63, 3.8) is 0 Å². The average molecular weight is 353 g/mol. The van der Waals surface area contributed by atoms with Crippen LogP contribution in [0.4, 0.5) is 17.1 Å². The number of anilines is 2. The molecule has 0 aliphatic carbocycles. The van der Waals surface area contributed by atoms with Crippen molar-refractivity contribution >= 4 is 23.0 Å². The highest BCUT2D eigenvalue weighted by Gasteiger charge is 2.22. The number of amides is 1. The summed E-state index contributed by atoms with van der Waals surface area (Å²) >= 11 is 0. The number of benzene rings is 2. The molecule has 1 aliphatic heterocycles. The van der Waals surface area contributed by atoms with Crippen LogP contribution in [0, 0.1) is 17.0 Å². The van der Waals surface area contributed by atoms with Gasteiger partial charge in [-0.25, -0.2) is 0 Å². The lowest BCUT2D eigenvalue weighted by atomic mass is 10.1. The summed E-state index contributed by atoms with van der Waals surface area (Å²) in [5.74, 6) is -0.177. The Morgan fingerprint density at radius 2 is 1.73 bits per heavy atom. The van der Waals surface area contributed by atoms with Gasteiger partial charge in [-0.1, -0.05) is 12.1 Å². The van der Waals surface area contributed by atoms with Crippen molar-refractivity contribution in [2.75, 3.05) is 29.9 Å². The molecule has 136 valence electrons. The number of non-ortho nitro benzene ring substituents is 1. The number of nitro benzene ring substituents is 1. The van der Waals surface area contributed by atoms with E-state index in [0.29, 0.717) is 5.56 Å². The predicted molar refractivity (Wildman–Crippen MR) is 103 cm³/mol. The maximum atomic E-state index is 12.9. The number of rotatable bonds is 4. The Morgan fingerprint density at radius 3 is 2.35 bits per heavy atom. The van der Waals surface area contributed by atoms with Gasteiger partial charge in [-0.3, -0.25) is 14.9 Å². The third kappa shape index (κ3) is 3.54. The molecule has 6 heteroatoms. The van der Waals surface area contributed by atoms with Crippen LogP contribution in [0.25, 0.3) is 0 Å². The molecule has 0 spiro atoms. The van der Waals surface area contributed by atoms with Crippen molar-refractivity contribution in [1.82, 2.24) is 0 Å². The van der Waals surface area contributed by atoms with Crippen LogP contribution in [-0.2, 0) is 0 Å². The smallest absolute Gasteiger partial charge is 0.269 e. The van der Waals surface area contributed by atoms with Crippen molar-refractivity contribution in [3.8, 4) is 0 Å². The van der Waals surface area contributed by atoms with E-state index in [9.17, 15) is 14.9 Å². The second-order valence-electron chi connectivity index (χ2n) is 6.66. The number of piperidine rings is 1. The molecule has 0 aromatic heterocycles. The molecule has 1 heterocycles. The SMILES string of the molecule is Cc1cccc(N(C)C(=O)c2ccc([N+](=O)[O-])cc2)c1N1CCCCC1. The molecular formula is C20H23N3O3. The number of aryl methyl sites for hydroxylation is 1. The zero-order valence-electron chi connectivity index (χ0n) is 15.1. The van der Waals surface area contributed by atoms with Gasteiger partial charge in [0.2, 0.25) is 0 Å². The van der Waals surface area contributed by atoms with Gasteiger partial charge >= 0.3 is 0 Å². The van der Waals surface area contributed by atoms with E-state index in [1.807, 2.05) is 12.1 Å². The van der Waals surface area contributed by atoms with E-state index in [0.717, 1.165) is 42.9 Å². The molecule has 2 aromatic carbocycles. The summed E-state index contributed by atoms with van der Waals surface area (Å²) in [6.45, 7) is 4.06. The van der Waals surface area contributed by atoms with E-state index in [4.69, 9.17) is 0 Å². The maximum absolute atomic E-state index is 12.9. The first-order chi connectivity index (χ1) is 12.5. The Bertz CT molecular complexity index is 812. The minimum Gasteiger partial charge on any atom is -0.370 e. The van der Waals surface area contributed by atoms with E-state index >= 15 is 0 Å². The highest BCUT2D eigenvalue weighted by atomic mass is 16.6. The molecule has 26 heavy (non-hydrogen) atoms. The van der Waals surface area contributed by atoms with Gasteiger partial charge in [0.1, 0.15) is 0 Å². The van der Waals surface area contributed by atoms with E-state index in [2.05, 4.69) is 17.9 Å². The monoisotopic (exact) mass is 353 g/mol. The summed E-state index contributed by atoms with van der Waals surface area (Å²) < 4.78 is 0. The van der Waals surface area contributed by atoms with Crippen molar-refractivity contribution in [3.05, 3.63) is 63.7 Å². The van der Waals surface area contributed by atoms with Crippen molar-refractivity contribution in [2.45, 2.75) is 26.2 Å². The molecular weight excluding hydrogens is 330 g/mol. The van der Waals surface area contributed by atoms with Crippen molar-refractivity contribution in [2.24, 2.45) is 0 Å². The van der Waals surface area contributed by atoms with Crippen LogP contribution in [0.5, 0.6) is 0 Å². The Hall–Kier alpha value is -2.89. The van der Waals surface area contributed by atoms with Gasteiger partial charge in [-0.2, -0.15) is 0 Å². The van der Waals surface area contributed by atoms with Crippen LogP contribution in [0.2, 0.25) is 0 Å². The second kappa shape index (κ2) is 7.56. The van der Waals surface area contributed by atoms with Crippen LogP contribution in [0.1, 0.15) is 35.2 Å². The largest absolute Gasteiger partial charge is 0.370 e. The van der Waals surface area contributed by atoms with E-state index < -0.39 is 4.92 Å². The van der Waals surface area contributed by atoms with Crippen LogP contribution < -0.4 is 9.80 Å². The Balaban J connectivity index is 1.91. The molecule has 6 nitrogen and oxygen atoms in total. The third-order valence-electron chi connectivity index (χ3n) is 4.88. The first-order valence-electron chi connectivity index (χ1n) is 8.86. The Morgan fingerprint density at radius 1 is 1.08 bits per heavy atom. The van der Waals surface area contributed by atoms with Crippen molar-refractivity contribution < 1.29 is 9.72 Å². The molecule has 3 rings (SSSR count). The van der Waals surface area contributed by atoms with Gasteiger partial charge in [0.05, 0.1) is 16.3 Å². The summed E-state index contributed by atoms with van der Waals surface area (Å²) in [5, 5.41) is 10.8. The number of carbonyl (C=O) groups is 1. The summed E-state index contributed by atoms with van der Waals surface area (Å²) in [4.78, 5) is 27.2. The minimum atomic E-state index is -0.465. The van der Waals surface area contributed by atoms with Crippen molar-refractivity contribution in [1.29, 1.82) is 0 Å². The van der Waals surface area contributed by atoms with E-state index in [1.165, 1.54) is 30.7 Å². The summed E-state index contributed by atoms with van der Waals surface area (Å²) in [6, 6.07) is 11.7. The molecule has 1 saturated heterocycles. The summed E-state index contributed by atoms with van der Waals surface area (Å²) in [5.41, 5.74) is 3.53. The molecule has 1 amide bonds. The van der Waals surface area contributed by atoms with Gasteiger partial charge in [-0.05, 0) is 49.9 Å². The quantitative estimate of drug-likeness (QED) is 0.611. The molecule has 0 unspecified atom stereocenters. The van der Waals surface area contributed by atoms with Crippen LogP contribution in [0.3, 0.4) is 0 Å². The fourth-order valence-corrected chi connectivity index (χ4v) is 3.47. The highest BCUT2D eigenvalue weighted by Crippen LogP contribution is 2.34. The van der Waals surface area contributed by atoms with E-state index in [-0.39, 0.29) is 11.6 Å². The third-order valence-corrected chi connectivity index (χ3v) is 4.88. The molecule has 0 atom stereocenters. The first kappa shape index (κ1) is 17.9. The number of hydrogen-bond donors (Lipinski definition) is 0. The van der Waals surface area contributed by atoms with Crippen LogP contribution >= 0.6 is 0 Å². The Labute approximate surface area is 153 Å². The number of hydrogen-bond acceptors (Lipinski definition) is 4. The van der Waals surface area contributed by atoms with Gasteiger partial charge in [0, 0.05) is 37.8 Å². The molecule has 1 aliphatic rings. The number of nitrogens with zero attached hydrogens (tertiary/aromatic N) is 3. The highest BCUT2D eigenvalue weighted by molar-refractivity contribution is 6.07. The normalized spacial score (nSPS) is 14.2. The molecule has 0 N–H and O–H groups in total. The van der Waals surface area contributed by atoms with Crippen LogP contribution in [0.15, 0.2) is 42.5 Å². The topological polar surface area (TPSA) is 66.7 Å². The first-order valence-corrected chi connectivity index (χ1v) is 8.86. The zero-order valence-corrected chi connectivity index (χ0v) is 15.1. The number of para-hydroxylation sites is 1. The lowest BCUT2D eigenvalue weighted by Gasteiger charge is -2.34. The van der Waals surface area contributed by atoms with E-state index in [1.54, 1.807) is 11.9 Å². The second-order valence-corrected chi connectivity index (χ2v) is 6.66. The zero-order chi connectivity index (χ0) is 18.7. The Kier molecular flexibility index (Phi) is 5.21. The molecule has 0 radical (unpaired) electrons. The van der Waals surface area contributed by atoms with Gasteiger partial charge in [0.25, 0.3) is 11.6 Å². The molecule has 1 fully saturated rings. The fourth-order valence-electron chi connectivity index (χ4n) is 3.47. The molecule has 2 aromatic rings. The van der Waals surface area contributed by atoms with Crippen LogP contribution in [-0.4, -0.2) is 31.0 Å². The molecule has 0 saturated carbocycles. The van der Waals surface area contributed by atoms with Gasteiger partial charge in [-0.15, -0.1) is 0 Å².